The van der Waals surface area contributed by atoms with Gasteiger partial charge in [0, 0.05) is 31.3 Å². The number of para-hydroxylation sites is 1. The van der Waals surface area contributed by atoms with Crippen molar-refractivity contribution in [2.45, 2.75) is 12.5 Å². The first-order chi connectivity index (χ1) is 9.20. The Morgan fingerprint density at radius 1 is 1.53 bits per heavy atom. The Morgan fingerprint density at radius 2 is 2.32 bits per heavy atom. The molecule has 0 saturated carbocycles. The van der Waals surface area contributed by atoms with Crippen LogP contribution in [0.2, 0.25) is 0 Å². The zero-order valence-electron chi connectivity index (χ0n) is 10.5. The predicted octanol–water partition coefficient (Wildman–Crippen LogP) is 1.36. The summed E-state index contributed by atoms with van der Waals surface area (Å²) in [5.74, 6) is 0. The van der Waals surface area contributed by atoms with E-state index >= 15 is 0 Å². The van der Waals surface area contributed by atoms with Crippen molar-refractivity contribution in [2.24, 2.45) is 0 Å². The second kappa shape index (κ2) is 6.27. The molecule has 1 aromatic rings. The van der Waals surface area contributed by atoms with E-state index in [4.69, 9.17) is 10.00 Å². The molecule has 6 nitrogen and oxygen atoms in total. The number of benzene rings is 1. The maximum Gasteiger partial charge on any atom is 0.272 e. The normalized spacial score (nSPS) is 19.8. The Balaban J connectivity index is 1.96. The van der Waals surface area contributed by atoms with Crippen molar-refractivity contribution in [3.63, 3.8) is 0 Å². The summed E-state index contributed by atoms with van der Waals surface area (Å²) in [4.78, 5) is 12.7. The molecule has 100 valence electrons. The molecule has 1 aliphatic rings. The minimum absolute atomic E-state index is 0.160. The van der Waals surface area contributed by atoms with Gasteiger partial charge in [-0.05, 0) is 6.42 Å². The summed E-state index contributed by atoms with van der Waals surface area (Å²) in [6, 6.07) is 8.86. The molecule has 1 atom stereocenters. The minimum atomic E-state index is -0.389. The average Bonchev–Trinajstić information content (AvgIpc) is 2.45. The Bertz CT molecular complexity index is 498. The molecule has 0 bridgehead atoms. The number of nitrogens with zero attached hydrogens (tertiary/aromatic N) is 3. The first-order valence-electron chi connectivity index (χ1n) is 6.16. The summed E-state index contributed by atoms with van der Waals surface area (Å²) in [6.07, 6.45) is 0.217. The summed E-state index contributed by atoms with van der Waals surface area (Å²) < 4.78 is 5.26. The largest absolute Gasteiger partial charge is 0.361 e. The van der Waals surface area contributed by atoms with E-state index in [0.717, 1.165) is 12.1 Å². The highest BCUT2D eigenvalue weighted by Crippen LogP contribution is 2.18. The fourth-order valence-corrected chi connectivity index (χ4v) is 2.16. The monoisotopic (exact) mass is 261 g/mol. The van der Waals surface area contributed by atoms with E-state index in [-0.39, 0.29) is 16.7 Å². The van der Waals surface area contributed by atoms with Gasteiger partial charge in [0.05, 0.1) is 17.6 Å². The van der Waals surface area contributed by atoms with E-state index in [1.165, 1.54) is 6.07 Å². The molecule has 1 saturated heterocycles. The van der Waals surface area contributed by atoms with Gasteiger partial charge >= 0.3 is 0 Å². The summed E-state index contributed by atoms with van der Waals surface area (Å²) in [5.41, 5.74) is 0.889. The lowest BCUT2D eigenvalue weighted by Crippen LogP contribution is -2.42. The summed E-state index contributed by atoms with van der Waals surface area (Å²) >= 11 is 0. The molecular weight excluding hydrogens is 246 g/mol. The molecule has 6 heteroatoms. The van der Waals surface area contributed by atoms with E-state index in [1.807, 2.05) is 0 Å². The van der Waals surface area contributed by atoms with Gasteiger partial charge in [-0.2, -0.15) is 5.26 Å². The lowest BCUT2D eigenvalue weighted by Gasteiger charge is -2.29. The van der Waals surface area contributed by atoms with Gasteiger partial charge in [0.15, 0.2) is 6.10 Å². The van der Waals surface area contributed by atoms with Gasteiger partial charge < -0.3 is 4.74 Å². The smallest absolute Gasteiger partial charge is 0.272 e. The highest BCUT2D eigenvalue weighted by Gasteiger charge is 2.20. The molecule has 1 aromatic carbocycles. The van der Waals surface area contributed by atoms with Crippen molar-refractivity contribution in [1.82, 2.24) is 4.90 Å². The Morgan fingerprint density at radius 3 is 3.05 bits per heavy atom. The standard InChI is InChI=1S/C13H15N3O3/c14-9-12-10-15(7-8-19-12)6-5-11-3-1-2-4-13(11)16(17)18/h1-4,12H,5-8,10H2. The van der Waals surface area contributed by atoms with Crippen molar-refractivity contribution in [3.05, 3.63) is 39.9 Å². The maximum atomic E-state index is 10.9. The zero-order valence-corrected chi connectivity index (χ0v) is 10.5. The summed E-state index contributed by atoms with van der Waals surface area (Å²) in [6.45, 7) is 2.57. The third-order valence-corrected chi connectivity index (χ3v) is 3.18. The van der Waals surface area contributed by atoms with Gasteiger partial charge in [0.1, 0.15) is 0 Å². The predicted molar refractivity (Wildman–Crippen MR) is 68.6 cm³/mol. The van der Waals surface area contributed by atoms with Crippen LogP contribution in [0.1, 0.15) is 5.56 Å². The number of ether oxygens (including phenoxy) is 1. The van der Waals surface area contributed by atoms with Crippen molar-refractivity contribution < 1.29 is 9.66 Å². The lowest BCUT2D eigenvalue weighted by atomic mass is 10.1. The van der Waals surface area contributed by atoms with Gasteiger partial charge in [0.25, 0.3) is 5.69 Å². The number of hydrogen-bond acceptors (Lipinski definition) is 5. The van der Waals surface area contributed by atoms with Crippen LogP contribution in [0.4, 0.5) is 5.69 Å². The van der Waals surface area contributed by atoms with Crippen molar-refractivity contribution in [1.29, 1.82) is 5.26 Å². The van der Waals surface area contributed by atoms with Gasteiger partial charge in [-0.15, -0.1) is 0 Å². The number of rotatable bonds is 4. The molecule has 0 spiro atoms. The molecule has 1 aliphatic heterocycles. The van der Waals surface area contributed by atoms with Crippen molar-refractivity contribution in [3.8, 4) is 6.07 Å². The number of nitro benzene ring substituents is 1. The fraction of sp³-hybridized carbons (Fsp3) is 0.462. The third kappa shape index (κ3) is 3.50. The summed E-state index contributed by atoms with van der Waals surface area (Å²) in [5, 5.41) is 19.7. The van der Waals surface area contributed by atoms with E-state index in [9.17, 15) is 10.1 Å². The zero-order chi connectivity index (χ0) is 13.7. The second-order valence-corrected chi connectivity index (χ2v) is 4.42. The number of nitro groups is 1. The Labute approximate surface area is 111 Å². The third-order valence-electron chi connectivity index (χ3n) is 3.18. The van der Waals surface area contributed by atoms with Crippen molar-refractivity contribution >= 4 is 5.69 Å². The van der Waals surface area contributed by atoms with Crippen LogP contribution in [-0.4, -0.2) is 42.2 Å². The lowest BCUT2D eigenvalue weighted by molar-refractivity contribution is -0.385. The van der Waals surface area contributed by atoms with Gasteiger partial charge in [0.2, 0.25) is 0 Å². The molecule has 1 fully saturated rings. The van der Waals surface area contributed by atoms with E-state index in [2.05, 4.69) is 11.0 Å². The fourth-order valence-electron chi connectivity index (χ4n) is 2.16. The summed E-state index contributed by atoms with van der Waals surface area (Å²) in [7, 11) is 0. The molecule has 0 radical (unpaired) electrons. The maximum absolute atomic E-state index is 10.9. The first-order valence-corrected chi connectivity index (χ1v) is 6.16. The Kier molecular flexibility index (Phi) is 4.44. The van der Waals surface area contributed by atoms with Gasteiger partial charge in [-0.1, -0.05) is 18.2 Å². The van der Waals surface area contributed by atoms with Crippen LogP contribution in [0.15, 0.2) is 24.3 Å². The molecule has 19 heavy (non-hydrogen) atoms. The highest BCUT2D eigenvalue weighted by atomic mass is 16.6. The molecule has 1 heterocycles. The molecule has 0 aliphatic carbocycles. The van der Waals surface area contributed by atoms with Crippen molar-refractivity contribution in [2.75, 3.05) is 26.2 Å². The molecular formula is C13H15N3O3. The average molecular weight is 261 g/mol. The van der Waals surface area contributed by atoms with Crippen LogP contribution in [0.5, 0.6) is 0 Å². The van der Waals surface area contributed by atoms with Crippen LogP contribution in [0.25, 0.3) is 0 Å². The molecule has 2 rings (SSSR count). The number of nitriles is 1. The van der Waals surface area contributed by atoms with Gasteiger partial charge in [-0.3, -0.25) is 15.0 Å². The molecule has 1 unspecified atom stereocenters. The molecule has 0 N–H and O–H groups in total. The van der Waals surface area contributed by atoms with E-state index in [0.29, 0.717) is 26.1 Å². The van der Waals surface area contributed by atoms with Crippen LogP contribution < -0.4 is 0 Å². The first kappa shape index (κ1) is 13.5. The second-order valence-electron chi connectivity index (χ2n) is 4.42. The number of morpholine rings is 1. The SMILES string of the molecule is N#CC1CN(CCc2ccccc2[N+](=O)[O-])CCO1. The quantitative estimate of drug-likeness (QED) is 0.604. The van der Waals surface area contributed by atoms with Crippen LogP contribution in [0, 0.1) is 21.4 Å². The topological polar surface area (TPSA) is 79.4 Å². The minimum Gasteiger partial charge on any atom is -0.361 e. The van der Waals surface area contributed by atoms with Crippen LogP contribution in [0.3, 0.4) is 0 Å². The molecule has 0 amide bonds. The number of hydrogen-bond donors (Lipinski definition) is 0. The highest BCUT2D eigenvalue weighted by molar-refractivity contribution is 5.39. The van der Waals surface area contributed by atoms with Crippen LogP contribution in [-0.2, 0) is 11.2 Å². The van der Waals surface area contributed by atoms with Gasteiger partial charge in [-0.25, -0.2) is 0 Å². The molecule has 0 aromatic heterocycles. The van der Waals surface area contributed by atoms with E-state index < -0.39 is 0 Å². The Hall–Kier alpha value is -1.97. The van der Waals surface area contributed by atoms with Crippen LogP contribution >= 0.6 is 0 Å². The van der Waals surface area contributed by atoms with E-state index in [1.54, 1.807) is 18.2 Å².